The first-order chi connectivity index (χ1) is 9.38. The van der Waals surface area contributed by atoms with Gasteiger partial charge in [-0.05, 0) is 35.4 Å². The third kappa shape index (κ3) is 1.85. The lowest BCUT2D eigenvalue weighted by molar-refractivity contribution is -0.194. The minimum atomic E-state index is 0.244. The number of rotatable bonds is 1. The Morgan fingerprint density at radius 1 is 1.10 bits per heavy atom. The van der Waals surface area contributed by atoms with Crippen molar-refractivity contribution < 1.29 is 5.11 Å². The maximum Gasteiger partial charge on any atom is 0.121 e. The van der Waals surface area contributed by atoms with E-state index in [1.165, 1.54) is 6.42 Å². The zero-order chi connectivity index (χ0) is 14.1. The van der Waals surface area contributed by atoms with Crippen LogP contribution in [0.1, 0.15) is 32.0 Å². The molecule has 0 spiro atoms. The van der Waals surface area contributed by atoms with Gasteiger partial charge in [0.1, 0.15) is 5.75 Å². The number of halogens is 1. The number of hydrogen-bond acceptors (Lipinski definition) is 3. The third-order valence-electron chi connectivity index (χ3n) is 5.15. The van der Waals surface area contributed by atoms with E-state index in [2.05, 4.69) is 45.6 Å². The van der Waals surface area contributed by atoms with Gasteiger partial charge in [0.05, 0.1) is 6.17 Å². The van der Waals surface area contributed by atoms with Gasteiger partial charge in [0, 0.05) is 36.2 Å². The molecule has 0 amide bonds. The molecule has 4 heteroatoms. The van der Waals surface area contributed by atoms with E-state index < -0.39 is 0 Å². The van der Waals surface area contributed by atoms with Crippen molar-refractivity contribution in [2.24, 2.45) is 10.8 Å². The first-order valence-corrected chi connectivity index (χ1v) is 8.13. The van der Waals surface area contributed by atoms with Crippen molar-refractivity contribution in [1.29, 1.82) is 0 Å². The van der Waals surface area contributed by atoms with E-state index in [0.717, 1.165) is 36.2 Å². The number of nitrogens with zero attached hydrogens (tertiary/aromatic N) is 2. The second-order valence-electron chi connectivity index (χ2n) is 7.68. The number of benzene rings is 1. The lowest BCUT2D eigenvalue weighted by Gasteiger charge is -2.66. The first-order valence-electron chi connectivity index (χ1n) is 7.34. The molecule has 0 radical (unpaired) electrons. The standard InChI is InChI=1S/C16H21BrN2O/c1-15-6-16(2)9-18(7-15)14(19(8-15)10-16)12-5-11(17)3-4-13(12)20/h3-5,14,20H,6-10H2,1-2H3. The van der Waals surface area contributed by atoms with Gasteiger partial charge in [0.15, 0.2) is 0 Å². The second kappa shape index (κ2) is 3.99. The average Bonchev–Trinajstić information content (AvgIpc) is 2.29. The molecule has 4 aliphatic heterocycles. The Morgan fingerprint density at radius 2 is 1.65 bits per heavy atom. The Balaban J connectivity index is 1.76. The van der Waals surface area contributed by atoms with Gasteiger partial charge in [-0.2, -0.15) is 0 Å². The van der Waals surface area contributed by atoms with Crippen molar-refractivity contribution in [2.45, 2.75) is 26.4 Å². The minimum Gasteiger partial charge on any atom is -0.508 e. The normalized spacial score (nSPS) is 45.9. The molecule has 0 atom stereocenters. The molecule has 0 aromatic heterocycles. The fourth-order valence-electron chi connectivity index (χ4n) is 5.13. The van der Waals surface area contributed by atoms with Gasteiger partial charge in [0.2, 0.25) is 0 Å². The highest BCUT2D eigenvalue weighted by molar-refractivity contribution is 9.10. The van der Waals surface area contributed by atoms with E-state index in [1.807, 2.05) is 6.07 Å². The van der Waals surface area contributed by atoms with Gasteiger partial charge in [-0.25, -0.2) is 0 Å². The molecular weight excluding hydrogens is 316 g/mol. The van der Waals surface area contributed by atoms with E-state index in [-0.39, 0.29) is 6.17 Å². The molecule has 4 saturated heterocycles. The van der Waals surface area contributed by atoms with Crippen LogP contribution in [0.5, 0.6) is 5.75 Å². The second-order valence-corrected chi connectivity index (χ2v) is 8.60. The molecule has 4 heterocycles. The van der Waals surface area contributed by atoms with Crippen molar-refractivity contribution in [3.63, 3.8) is 0 Å². The van der Waals surface area contributed by atoms with Gasteiger partial charge in [-0.3, -0.25) is 9.80 Å². The van der Waals surface area contributed by atoms with E-state index >= 15 is 0 Å². The quantitative estimate of drug-likeness (QED) is 0.853. The summed E-state index contributed by atoms with van der Waals surface area (Å²) in [5.41, 5.74) is 1.89. The third-order valence-corrected chi connectivity index (χ3v) is 5.65. The van der Waals surface area contributed by atoms with Gasteiger partial charge in [-0.1, -0.05) is 29.8 Å². The smallest absolute Gasteiger partial charge is 0.121 e. The summed E-state index contributed by atoms with van der Waals surface area (Å²) in [6, 6.07) is 5.78. The summed E-state index contributed by atoms with van der Waals surface area (Å²) in [7, 11) is 0. The molecule has 20 heavy (non-hydrogen) atoms. The Labute approximate surface area is 128 Å². The highest BCUT2D eigenvalue weighted by Crippen LogP contribution is 2.54. The van der Waals surface area contributed by atoms with Crippen molar-refractivity contribution in [2.75, 3.05) is 26.2 Å². The molecule has 1 aromatic rings. The first kappa shape index (κ1) is 13.1. The molecule has 1 aromatic carbocycles. The van der Waals surface area contributed by atoms with Crippen molar-refractivity contribution in [1.82, 2.24) is 9.80 Å². The van der Waals surface area contributed by atoms with Crippen LogP contribution in [-0.4, -0.2) is 41.1 Å². The summed E-state index contributed by atoms with van der Waals surface area (Å²) in [5, 5.41) is 10.3. The van der Waals surface area contributed by atoms with Crippen LogP contribution in [0.4, 0.5) is 0 Å². The summed E-state index contributed by atoms with van der Waals surface area (Å²) in [6.07, 6.45) is 1.58. The zero-order valence-corrected chi connectivity index (χ0v) is 13.7. The monoisotopic (exact) mass is 336 g/mol. The Bertz CT molecular complexity index is 538. The van der Waals surface area contributed by atoms with Gasteiger partial charge in [0.25, 0.3) is 0 Å². The fraction of sp³-hybridized carbons (Fsp3) is 0.625. The maximum absolute atomic E-state index is 10.3. The van der Waals surface area contributed by atoms with Crippen LogP contribution in [0.15, 0.2) is 22.7 Å². The molecule has 4 aliphatic rings. The zero-order valence-electron chi connectivity index (χ0n) is 12.1. The summed E-state index contributed by atoms with van der Waals surface area (Å²) in [6.45, 7) is 9.43. The molecule has 1 N–H and O–H groups in total. The molecular formula is C16H21BrN2O. The summed E-state index contributed by atoms with van der Waals surface area (Å²) >= 11 is 3.54. The van der Waals surface area contributed by atoms with E-state index in [1.54, 1.807) is 6.07 Å². The van der Waals surface area contributed by atoms with Crippen LogP contribution in [0, 0.1) is 10.8 Å². The molecule has 0 unspecified atom stereocenters. The number of phenols is 1. The van der Waals surface area contributed by atoms with E-state index in [0.29, 0.717) is 16.6 Å². The minimum absolute atomic E-state index is 0.244. The largest absolute Gasteiger partial charge is 0.508 e. The highest BCUT2D eigenvalue weighted by atomic mass is 79.9. The molecule has 5 rings (SSSR count). The van der Waals surface area contributed by atoms with Crippen molar-refractivity contribution in [3.8, 4) is 5.75 Å². The predicted molar refractivity (Wildman–Crippen MR) is 82.5 cm³/mol. The topological polar surface area (TPSA) is 26.7 Å². The lowest BCUT2D eigenvalue weighted by Crippen LogP contribution is -2.70. The van der Waals surface area contributed by atoms with Crippen LogP contribution in [0.3, 0.4) is 0 Å². The summed E-state index contributed by atoms with van der Waals surface area (Å²) in [5.74, 6) is 0.418. The molecule has 108 valence electrons. The molecule has 4 bridgehead atoms. The van der Waals surface area contributed by atoms with Crippen LogP contribution in [-0.2, 0) is 0 Å². The van der Waals surface area contributed by atoms with E-state index in [4.69, 9.17) is 0 Å². The molecule has 0 aliphatic carbocycles. The predicted octanol–water partition coefficient (Wildman–Crippen LogP) is 3.20. The van der Waals surface area contributed by atoms with Gasteiger partial charge >= 0.3 is 0 Å². The number of hydrogen-bond donors (Lipinski definition) is 1. The fourth-order valence-corrected chi connectivity index (χ4v) is 5.51. The molecule has 3 nitrogen and oxygen atoms in total. The SMILES string of the molecule is CC12CN3CC(C)(CN(C1)C3c1cc(Br)ccc1O)C2. The van der Waals surface area contributed by atoms with E-state index in [9.17, 15) is 5.11 Å². The highest BCUT2D eigenvalue weighted by Gasteiger charge is 2.56. The summed E-state index contributed by atoms with van der Waals surface area (Å²) < 4.78 is 1.04. The van der Waals surface area contributed by atoms with Gasteiger partial charge in [-0.15, -0.1) is 0 Å². The average molecular weight is 337 g/mol. The lowest BCUT2D eigenvalue weighted by atomic mass is 9.63. The van der Waals surface area contributed by atoms with Crippen LogP contribution in [0.25, 0.3) is 0 Å². The number of aromatic hydroxyl groups is 1. The molecule has 0 saturated carbocycles. The van der Waals surface area contributed by atoms with Crippen LogP contribution >= 0.6 is 15.9 Å². The van der Waals surface area contributed by atoms with Crippen molar-refractivity contribution >= 4 is 15.9 Å². The number of phenolic OH excluding ortho intramolecular Hbond substituents is 1. The van der Waals surface area contributed by atoms with Crippen molar-refractivity contribution in [3.05, 3.63) is 28.2 Å². The Kier molecular flexibility index (Phi) is 2.62. The van der Waals surface area contributed by atoms with Crippen LogP contribution < -0.4 is 0 Å². The Morgan fingerprint density at radius 3 is 2.20 bits per heavy atom. The van der Waals surface area contributed by atoms with Crippen LogP contribution in [0.2, 0.25) is 0 Å². The maximum atomic E-state index is 10.3. The molecule has 4 fully saturated rings. The number of piperidine rings is 2. The Hall–Kier alpha value is -0.580. The van der Waals surface area contributed by atoms with Gasteiger partial charge < -0.3 is 5.11 Å². The summed E-state index contributed by atoms with van der Waals surface area (Å²) in [4.78, 5) is 5.13.